The van der Waals surface area contributed by atoms with Gasteiger partial charge in [-0.15, -0.1) is 0 Å². The average molecular weight is 606 g/mol. The molecule has 6 heteroatoms. The smallest absolute Gasteiger partial charge is 0.206 e. The Hall–Kier alpha value is -4.55. The molecule has 0 bridgehead atoms. The Labute approximate surface area is 261 Å². The minimum Gasteiger partial charge on any atom is -0.490 e. The fourth-order valence-electron chi connectivity index (χ4n) is 5.14. The molecule has 226 valence electrons. The first-order chi connectivity index (χ1) is 21.2. The first-order valence-electron chi connectivity index (χ1n) is 15.0. The summed E-state index contributed by atoms with van der Waals surface area (Å²) in [6.07, 6.45) is 2.15. The third-order valence-corrected chi connectivity index (χ3v) is 9.48. The van der Waals surface area contributed by atoms with E-state index in [1.807, 2.05) is 43.3 Å². The van der Waals surface area contributed by atoms with Crippen molar-refractivity contribution >= 4 is 26.9 Å². The summed E-state index contributed by atoms with van der Waals surface area (Å²) >= 11 is 0. The van der Waals surface area contributed by atoms with Gasteiger partial charge in [-0.25, -0.2) is 8.42 Å². The molecule has 0 aliphatic carbocycles. The summed E-state index contributed by atoms with van der Waals surface area (Å²) in [6.45, 7) is 10.4. The van der Waals surface area contributed by atoms with E-state index in [1.54, 1.807) is 48.5 Å². The van der Waals surface area contributed by atoms with Gasteiger partial charge in [0.25, 0.3) is 0 Å². The van der Waals surface area contributed by atoms with Crippen LogP contribution in [0, 0.1) is 20.8 Å². The van der Waals surface area contributed by atoms with Crippen LogP contribution in [0.2, 0.25) is 0 Å². The summed E-state index contributed by atoms with van der Waals surface area (Å²) in [5.41, 5.74) is 6.48. The molecule has 0 saturated carbocycles. The Morgan fingerprint density at radius 3 is 1.55 bits per heavy atom. The van der Waals surface area contributed by atoms with Crippen molar-refractivity contribution in [3.63, 3.8) is 0 Å². The highest BCUT2D eigenvalue weighted by Gasteiger charge is 2.18. The number of nitrogens with zero attached hydrogens (tertiary/aromatic N) is 1. The molecule has 5 aromatic carbocycles. The number of ether oxygens (including phenoxy) is 2. The van der Waals surface area contributed by atoms with Crippen molar-refractivity contribution in [3.8, 4) is 17.2 Å². The second-order valence-electron chi connectivity index (χ2n) is 11.1. The van der Waals surface area contributed by atoms with Gasteiger partial charge in [0.1, 0.15) is 17.2 Å². The third kappa shape index (κ3) is 6.98. The van der Waals surface area contributed by atoms with Crippen molar-refractivity contribution in [2.45, 2.75) is 63.4 Å². The zero-order chi connectivity index (χ0) is 31.3. The molecule has 0 aliphatic heterocycles. The predicted octanol–water partition coefficient (Wildman–Crippen LogP) is 10.3. The van der Waals surface area contributed by atoms with Crippen LogP contribution in [0.25, 0.3) is 0 Å². The standard InChI is InChI=1S/C38H39NO4S/c1-6-32(7-2)42-33-15-11-30(12-16-33)39(38-25-10-28(4)26-29(38)5)31-13-17-34(18-14-31)43-35-19-23-37(24-20-35)44(40,41)36-21-8-27(3)9-22-36/h8-26,32H,6-7H2,1-5H3. The quantitative estimate of drug-likeness (QED) is 0.150. The van der Waals surface area contributed by atoms with Crippen LogP contribution in [0.4, 0.5) is 17.1 Å². The van der Waals surface area contributed by atoms with Crippen LogP contribution in [0.5, 0.6) is 17.2 Å². The molecule has 0 N–H and O–H groups in total. The zero-order valence-electron chi connectivity index (χ0n) is 25.9. The molecule has 0 fully saturated rings. The van der Waals surface area contributed by atoms with E-state index >= 15 is 0 Å². The third-order valence-electron chi connectivity index (χ3n) is 7.70. The van der Waals surface area contributed by atoms with Crippen LogP contribution >= 0.6 is 0 Å². The number of aryl methyl sites for hydroxylation is 3. The number of sulfone groups is 1. The monoisotopic (exact) mass is 605 g/mol. The molecule has 0 radical (unpaired) electrons. The average Bonchev–Trinajstić information content (AvgIpc) is 3.03. The minimum absolute atomic E-state index is 0.206. The van der Waals surface area contributed by atoms with Gasteiger partial charge in [0.05, 0.1) is 15.9 Å². The maximum Gasteiger partial charge on any atom is 0.206 e. The van der Waals surface area contributed by atoms with E-state index in [-0.39, 0.29) is 15.9 Å². The van der Waals surface area contributed by atoms with Gasteiger partial charge in [-0.1, -0.05) is 49.2 Å². The summed E-state index contributed by atoms with van der Waals surface area (Å²) in [7, 11) is -3.60. The summed E-state index contributed by atoms with van der Waals surface area (Å²) in [6, 6.07) is 36.0. The van der Waals surface area contributed by atoms with Gasteiger partial charge in [0, 0.05) is 17.1 Å². The fourth-order valence-corrected chi connectivity index (χ4v) is 6.41. The second-order valence-corrected chi connectivity index (χ2v) is 13.0. The van der Waals surface area contributed by atoms with Crippen LogP contribution in [0.1, 0.15) is 43.4 Å². The van der Waals surface area contributed by atoms with Crippen LogP contribution in [-0.2, 0) is 9.84 Å². The first kappa shape index (κ1) is 30.9. The molecule has 0 heterocycles. The fraction of sp³-hybridized carbons (Fsp3) is 0.211. The maximum absolute atomic E-state index is 13.0. The Balaban J connectivity index is 1.38. The molecule has 0 unspecified atom stereocenters. The highest BCUT2D eigenvalue weighted by Crippen LogP contribution is 2.38. The lowest BCUT2D eigenvalue weighted by Gasteiger charge is -2.28. The topological polar surface area (TPSA) is 55.8 Å². The highest BCUT2D eigenvalue weighted by molar-refractivity contribution is 7.91. The van der Waals surface area contributed by atoms with E-state index in [1.165, 1.54) is 11.1 Å². The van der Waals surface area contributed by atoms with Crippen LogP contribution in [-0.4, -0.2) is 14.5 Å². The number of anilines is 3. The maximum atomic E-state index is 13.0. The molecule has 0 spiro atoms. The van der Waals surface area contributed by atoms with Crippen molar-refractivity contribution in [3.05, 3.63) is 132 Å². The molecule has 0 amide bonds. The molecule has 5 rings (SSSR count). The van der Waals surface area contributed by atoms with E-state index < -0.39 is 9.84 Å². The summed E-state index contributed by atoms with van der Waals surface area (Å²) in [5.74, 6) is 2.07. The Bertz CT molecular complexity index is 1790. The van der Waals surface area contributed by atoms with Gasteiger partial charge in [-0.05, 0) is 130 Å². The molecular formula is C38H39NO4S. The van der Waals surface area contributed by atoms with Gasteiger partial charge in [-0.2, -0.15) is 0 Å². The predicted molar refractivity (Wildman–Crippen MR) is 179 cm³/mol. The van der Waals surface area contributed by atoms with Gasteiger partial charge in [-0.3, -0.25) is 0 Å². The summed E-state index contributed by atoms with van der Waals surface area (Å²) < 4.78 is 38.3. The number of hydrogen-bond acceptors (Lipinski definition) is 5. The Morgan fingerprint density at radius 1 is 0.591 bits per heavy atom. The second kappa shape index (κ2) is 13.4. The van der Waals surface area contributed by atoms with E-state index in [0.29, 0.717) is 11.5 Å². The van der Waals surface area contributed by atoms with Crippen molar-refractivity contribution in [1.82, 2.24) is 0 Å². The van der Waals surface area contributed by atoms with Crippen LogP contribution in [0.3, 0.4) is 0 Å². The van der Waals surface area contributed by atoms with E-state index in [4.69, 9.17) is 9.47 Å². The van der Waals surface area contributed by atoms with E-state index in [2.05, 4.69) is 62.9 Å². The molecule has 0 atom stereocenters. The lowest BCUT2D eigenvalue weighted by atomic mass is 10.1. The molecule has 44 heavy (non-hydrogen) atoms. The van der Waals surface area contributed by atoms with Gasteiger partial charge in [0.15, 0.2) is 0 Å². The lowest BCUT2D eigenvalue weighted by molar-refractivity contribution is 0.193. The Kier molecular flexibility index (Phi) is 9.40. The zero-order valence-corrected chi connectivity index (χ0v) is 26.8. The van der Waals surface area contributed by atoms with Gasteiger partial charge >= 0.3 is 0 Å². The van der Waals surface area contributed by atoms with Gasteiger partial charge < -0.3 is 14.4 Å². The molecule has 0 aromatic heterocycles. The lowest BCUT2D eigenvalue weighted by Crippen LogP contribution is -2.14. The molecule has 0 saturated heterocycles. The first-order valence-corrected chi connectivity index (χ1v) is 16.5. The van der Waals surface area contributed by atoms with Gasteiger partial charge in [0.2, 0.25) is 9.84 Å². The van der Waals surface area contributed by atoms with Crippen molar-refractivity contribution in [2.24, 2.45) is 0 Å². The Morgan fingerprint density at radius 2 is 1.05 bits per heavy atom. The minimum atomic E-state index is -3.60. The summed E-state index contributed by atoms with van der Waals surface area (Å²) in [4.78, 5) is 2.72. The number of benzene rings is 5. The van der Waals surface area contributed by atoms with E-state index in [0.717, 1.165) is 41.2 Å². The van der Waals surface area contributed by atoms with Crippen LogP contribution < -0.4 is 14.4 Å². The SMILES string of the molecule is CCC(CC)Oc1ccc(N(c2ccc(Oc3ccc(S(=O)(=O)c4ccc(C)cc4)cc3)cc2)c2ccc(C)cc2C)cc1. The number of hydrogen-bond donors (Lipinski definition) is 0. The van der Waals surface area contributed by atoms with Crippen molar-refractivity contribution in [2.75, 3.05) is 4.90 Å². The van der Waals surface area contributed by atoms with E-state index in [9.17, 15) is 8.42 Å². The summed E-state index contributed by atoms with van der Waals surface area (Å²) in [5, 5.41) is 0. The molecule has 0 aliphatic rings. The molecule has 5 nitrogen and oxygen atoms in total. The van der Waals surface area contributed by atoms with Crippen LogP contribution in [0.15, 0.2) is 125 Å². The molecule has 5 aromatic rings. The van der Waals surface area contributed by atoms with Crippen molar-refractivity contribution in [1.29, 1.82) is 0 Å². The number of rotatable bonds is 11. The molecular weight excluding hydrogens is 566 g/mol. The highest BCUT2D eigenvalue weighted by atomic mass is 32.2. The van der Waals surface area contributed by atoms with Crippen molar-refractivity contribution < 1.29 is 17.9 Å². The normalized spacial score (nSPS) is 11.4. The largest absolute Gasteiger partial charge is 0.490 e.